The molecule has 0 amide bonds. The summed E-state index contributed by atoms with van der Waals surface area (Å²) in [4.78, 5) is 0. The van der Waals surface area contributed by atoms with Crippen molar-refractivity contribution >= 4 is 19.7 Å². The Kier molecular flexibility index (Phi) is 3.79. The van der Waals surface area contributed by atoms with E-state index in [0.717, 1.165) is 0 Å². The van der Waals surface area contributed by atoms with Crippen molar-refractivity contribution in [3.05, 3.63) is 29.8 Å². The average Bonchev–Trinajstić information content (AvgIpc) is 2.83. The first-order chi connectivity index (χ1) is 9.34. The maximum absolute atomic E-state index is 11.5. The van der Waals surface area contributed by atoms with E-state index in [1.165, 1.54) is 4.57 Å². The molecule has 0 saturated carbocycles. The molecule has 0 aliphatic heterocycles. The fourth-order valence-corrected chi connectivity index (χ4v) is 2.82. The quantitative estimate of drug-likeness (QED) is 0.812. The van der Waals surface area contributed by atoms with Crippen LogP contribution in [0.4, 0.5) is 0 Å². The smallest absolute Gasteiger partial charge is 0.294 e. The molecule has 2 aromatic rings. The van der Waals surface area contributed by atoms with Gasteiger partial charge in [0.2, 0.25) is 0 Å². The molecule has 0 saturated heterocycles. The van der Waals surface area contributed by atoms with Gasteiger partial charge in [0.05, 0.1) is 11.6 Å². The second kappa shape index (κ2) is 5.23. The van der Waals surface area contributed by atoms with Crippen LogP contribution >= 0.6 is 10.7 Å². The van der Waals surface area contributed by atoms with E-state index in [1.807, 2.05) is 6.07 Å². The Morgan fingerprint density at radius 3 is 2.60 bits per heavy atom. The molecule has 1 heterocycles. The Morgan fingerprint density at radius 1 is 1.35 bits per heavy atom. The largest absolute Gasteiger partial charge is 0.296 e. The number of nitriles is 1. The fourth-order valence-electron chi connectivity index (χ4n) is 1.83. The molecule has 0 bridgehead atoms. The molecule has 2 rings (SSSR count). The second-order valence-electron chi connectivity index (χ2n) is 4.40. The third-order valence-corrected chi connectivity index (χ3v) is 3.78. The molecular formula is C12H11ClN4O2S. The minimum absolute atomic E-state index is 0.200. The Bertz CT molecular complexity index is 790. The summed E-state index contributed by atoms with van der Waals surface area (Å²) in [5, 5.41) is 16.2. The molecule has 0 spiro atoms. The van der Waals surface area contributed by atoms with E-state index < -0.39 is 9.05 Å². The van der Waals surface area contributed by atoms with Gasteiger partial charge in [-0.25, -0.2) is 8.42 Å². The normalized spacial score (nSPS) is 11.6. The molecule has 0 aliphatic carbocycles. The molecule has 0 atom stereocenters. The molecule has 0 fully saturated rings. The zero-order valence-electron chi connectivity index (χ0n) is 10.8. The van der Waals surface area contributed by atoms with Gasteiger partial charge in [-0.15, -0.1) is 10.2 Å². The monoisotopic (exact) mass is 310 g/mol. The van der Waals surface area contributed by atoms with Crippen LogP contribution in [0.5, 0.6) is 0 Å². The topological polar surface area (TPSA) is 88.6 Å². The lowest BCUT2D eigenvalue weighted by Crippen LogP contribution is -2.10. The van der Waals surface area contributed by atoms with Crippen molar-refractivity contribution < 1.29 is 8.42 Å². The van der Waals surface area contributed by atoms with Crippen molar-refractivity contribution in [2.75, 3.05) is 0 Å². The summed E-state index contributed by atoms with van der Waals surface area (Å²) in [5.41, 5.74) is 1.06. The molecule has 8 heteroatoms. The molecule has 0 unspecified atom stereocenters. The maximum atomic E-state index is 11.5. The Labute approximate surface area is 121 Å². The lowest BCUT2D eigenvalue weighted by molar-refractivity contribution is 0.530. The molecule has 0 radical (unpaired) electrons. The van der Waals surface area contributed by atoms with Gasteiger partial charge in [-0.1, -0.05) is 12.1 Å². The van der Waals surface area contributed by atoms with Crippen LogP contribution in [0.25, 0.3) is 11.4 Å². The first-order valence-electron chi connectivity index (χ1n) is 5.74. The summed E-state index contributed by atoms with van der Waals surface area (Å²) in [6.07, 6.45) is 0. The fraction of sp³-hybridized carbons (Fsp3) is 0.250. The van der Waals surface area contributed by atoms with Crippen LogP contribution in [0.2, 0.25) is 0 Å². The van der Waals surface area contributed by atoms with E-state index in [2.05, 4.69) is 10.2 Å². The number of rotatable bonds is 3. The van der Waals surface area contributed by atoms with Crippen LogP contribution in [0, 0.1) is 11.3 Å². The van der Waals surface area contributed by atoms with E-state index in [0.29, 0.717) is 17.0 Å². The van der Waals surface area contributed by atoms with Crippen LogP contribution in [0.1, 0.15) is 25.5 Å². The zero-order chi connectivity index (χ0) is 14.9. The number of halogens is 1. The van der Waals surface area contributed by atoms with Gasteiger partial charge in [0, 0.05) is 22.3 Å². The first-order valence-corrected chi connectivity index (χ1v) is 8.05. The number of aromatic nitrogens is 3. The van der Waals surface area contributed by atoms with E-state index >= 15 is 0 Å². The Balaban J connectivity index is 2.70. The van der Waals surface area contributed by atoms with Crippen molar-refractivity contribution in [2.24, 2.45) is 0 Å². The van der Waals surface area contributed by atoms with E-state index in [4.69, 9.17) is 15.9 Å². The number of hydrogen-bond donors (Lipinski definition) is 0. The van der Waals surface area contributed by atoms with Crippen molar-refractivity contribution in [1.82, 2.24) is 14.8 Å². The number of hydrogen-bond acceptors (Lipinski definition) is 5. The standard InChI is InChI=1S/C12H11ClN4O2S/c1-8(2)17-11(15-16-12(17)20(13,18)19)10-5-3-4-9(6-10)7-14/h3-6,8H,1-2H3. The van der Waals surface area contributed by atoms with Crippen LogP contribution in [0.3, 0.4) is 0 Å². The van der Waals surface area contributed by atoms with E-state index in [1.54, 1.807) is 38.1 Å². The highest BCUT2D eigenvalue weighted by Gasteiger charge is 2.25. The third kappa shape index (κ3) is 2.66. The Morgan fingerprint density at radius 2 is 2.05 bits per heavy atom. The minimum atomic E-state index is -3.98. The van der Waals surface area contributed by atoms with Crippen molar-refractivity contribution in [2.45, 2.75) is 25.0 Å². The SMILES string of the molecule is CC(C)n1c(-c2cccc(C#N)c2)nnc1S(=O)(=O)Cl. The predicted octanol–water partition coefficient (Wildman–Crippen LogP) is 2.33. The lowest BCUT2D eigenvalue weighted by atomic mass is 10.1. The molecule has 6 nitrogen and oxygen atoms in total. The van der Waals surface area contributed by atoms with Crippen LogP contribution < -0.4 is 0 Å². The van der Waals surface area contributed by atoms with E-state index in [-0.39, 0.29) is 11.2 Å². The van der Waals surface area contributed by atoms with Gasteiger partial charge in [0.25, 0.3) is 14.2 Å². The molecule has 0 N–H and O–H groups in total. The summed E-state index contributed by atoms with van der Waals surface area (Å²) in [7, 11) is 1.38. The molecule has 104 valence electrons. The maximum Gasteiger partial charge on any atom is 0.296 e. The highest BCUT2D eigenvalue weighted by Crippen LogP contribution is 2.26. The molecule has 20 heavy (non-hydrogen) atoms. The minimum Gasteiger partial charge on any atom is -0.294 e. The predicted molar refractivity (Wildman–Crippen MR) is 73.6 cm³/mol. The molecule has 0 aliphatic rings. The van der Waals surface area contributed by atoms with Gasteiger partial charge in [0.1, 0.15) is 0 Å². The molecule has 1 aromatic carbocycles. The number of benzene rings is 1. The Hall–Kier alpha value is -1.91. The first kappa shape index (κ1) is 14.5. The second-order valence-corrected chi connectivity index (χ2v) is 6.86. The van der Waals surface area contributed by atoms with Crippen molar-refractivity contribution in [3.63, 3.8) is 0 Å². The third-order valence-electron chi connectivity index (χ3n) is 2.65. The average molecular weight is 311 g/mol. The highest BCUT2D eigenvalue weighted by molar-refractivity contribution is 8.13. The van der Waals surface area contributed by atoms with Crippen LogP contribution in [-0.4, -0.2) is 23.2 Å². The summed E-state index contributed by atoms with van der Waals surface area (Å²) in [6.45, 7) is 3.60. The van der Waals surface area contributed by atoms with E-state index in [9.17, 15) is 8.42 Å². The van der Waals surface area contributed by atoms with Crippen LogP contribution in [-0.2, 0) is 9.05 Å². The lowest BCUT2D eigenvalue weighted by Gasteiger charge is -2.12. The summed E-state index contributed by atoms with van der Waals surface area (Å²) in [6, 6.07) is 8.52. The summed E-state index contributed by atoms with van der Waals surface area (Å²) >= 11 is 0. The van der Waals surface area contributed by atoms with Crippen molar-refractivity contribution in [3.8, 4) is 17.5 Å². The number of nitrogens with zero attached hydrogens (tertiary/aromatic N) is 4. The van der Waals surface area contributed by atoms with Crippen LogP contribution in [0.15, 0.2) is 29.4 Å². The van der Waals surface area contributed by atoms with Gasteiger partial charge < -0.3 is 0 Å². The summed E-state index contributed by atoms with van der Waals surface area (Å²) in [5.74, 6) is 0.358. The molecule has 1 aromatic heterocycles. The summed E-state index contributed by atoms with van der Waals surface area (Å²) < 4.78 is 24.5. The van der Waals surface area contributed by atoms with Gasteiger partial charge in [0.15, 0.2) is 5.82 Å². The van der Waals surface area contributed by atoms with Gasteiger partial charge in [-0.05, 0) is 26.0 Å². The van der Waals surface area contributed by atoms with Gasteiger partial charge in [-0.3, -0.25) is 4.57 Å². The highest BCUT2D eigenvalue weighted by atomic mass is 35.7. The molecular weight excluding hydrogens is 300 g/mol. The van der Waals surface area contributed by atoms with Gasteiger partial charge >= 0.3 is 0 Å². The van der Waals surface area contributed by atoms with Gasteiger partial charge in [-0.2, -0.15) is 5.26 Å². The zero-order valence-corrected chi connectivity index (χ0v) is 12.4. The van der Waals surface area contributed by atoms with Crippen molar-refractivity contribution in [1.29, 1.82) is 5.26 Å².